The van der Waals surface area contributed by atoms with E-state index in [1.807, 2.05) is 41.1 Å². The molecule has 6 nitrogen and oxygen atoms in total. The summed E-state index contributed by atoms with van der Waals surface area (Å²) in [7, 11) is 0. The normalized spacial score (nSPS) is 10.5. The molecule has 0 fully saturated rings. The van der Waals surface area contributed by atoms with Crippen molar-refractivity contribution in [2.24, 2.45) is 0 Å². The average Bonchev–Trinajstić information content (AvgIpc) is 3.01. The van der Waals surface area contributed by atoms with Crippen LogP contribution < -0.4 is 10.9 Å². The SMILES string of the molecule is Cc1cc[nH]c(=O)c1C(=O)NCc1nccn1Cc1ccccc1. The Bertz CT molecular complexity index is 897. The fourth-order valence-electron chi connectivity index (χ4n) is 2.54. The van der Waals surface area contributed by atoms with Gasteiger partial charge in [-0.3, -0.25) is 9.59 Å². The third-order valence-electron chi connectivity index (χ3n) is 3.80. The monoisotopic (exact) mass is 322 g/mol. The molecule has 0 aliphatic rings. The first-order chi connectivity index (χ1) is 11.6. The summed E-state index contributed by atoms with van der Waals surface area (Å²) in [5, 5.41) is 2.77. The second-order valence-corrected chi connectivity index (χ2v) is 5.50. The number of nitrogens with zero attached hydrogens (tertiary/aromatic N) is 2. The second kappa shape index (κ2) is 6.95. The summed E-state index contributed by atoms with van der Waals surface area (Å²) in [6, 6.07) is 11.7. The number of aryl methyl sites for hydroxylation is 1. The zero-order valence-electron chi connectivity index (χ0n) is 13.3. The van der Waals surface area contributed by atoms with Crippen molar-refractivity contribution in [3.05, 3.63) is 87.9 Å². The summed E-state index contributed by atoms with van der Waals surface area (Å²) in [4.78, 5) is 30.9. The fraction of sp³-hybridized carbons (Fsp3) is 0.167. The maximum absolute atomic E-state index is 12.3. The van der Waals surface area contributed by atoms with E-state index in [0.717, 1.165) is 11.4 Å². The van der Waals surface area contributed by atoms with Gasteiger partial charge in [-0.15, -0.1) is 0 Å². The third-order valence-corrected chi connectivity index (χ3v) is 3.80. The van der Waals surface area contributed by atoms with Crippen molar-refractivity contribution in [3.63, 3.8) is 0 Å². The molecule has 0 atom stereocenters. The van der Waals surface area contributed by atoms with Crippen LogP contribution >= 0.6 is 0 Å². The number of imidazole rings is 1. The zero-order chi connectivity index (χ0) is 16.9. The van der Waals surface area contributed by atoms with E-state index in [4.69, 9.17) is 0 Å². The first-order valence-corrected chi connectivity index (χ1v) is 7.65. The fourth-order valence-corrected chi connectivity index (χ4v) is 2.54. The van der Waals surface area contributed by atoms with Crippen LogP contribution in [0.2, 0.25) is 0 Å². The van der Waals surface area contributed by atoms with Gasteiger partial charge < -0.3 is 14.9 Å². The molecule has 3 aromatic rings. The van der Waals surface area contributed by atoms with E-state index in [-0.39, 0.29) is 17.7 Å². The van der Waals surface area contributed by atoms with Crippen LogP contribution in [0.4, 0.5) is 0 Å². The molecule has 24 heavy (non-hydrogen) atoms. The minimum Gasteiger partial charge on any atom is -0.345 e. The van der Waals surface area contributed by atoms with E-state index in [0.29, 0.717) is 12.1 Å². The van der Waals surface area contributed by atoms with Gasteiger partial charge in [-0.2, -0.15) is 0 Å². The number of rotatable bonds is 5. The number of benzene rings is 1. The predicted molar refractivity (Wildman–Crippen MR) is 90.7 cm³/mol. The highest BCUT2D eigenvalue weighted by Gasteiger charge is 2.14. The van der Waals surface area contributed by atoms with Crippen LogP contribution in [-0.2, 0) is 13.1 Å². The van der Waals surface area contributed by atoms with Gasteiger partial charge in [-0.1, -0.05) is 30.3 Å². The van der Waals surface area contributed by atoms with Gasteiger partial charge in [-0.05, 0) is 24.1 Å². The van der Waals surface area contributed by atoms with Crippen molar-refractivity contribution in [2.45, 2.75) is 20.0 Å². The predicted octanol–water partition coefficient (Wildman–Crippen LogP) is 1.86. The topological polar surface area (TPSA) is 79.8 Å². The Morgan fingerprint density at radius 3 is 2.79 bits per heavy atom. The Morgan fingerprint density at radius 1 is 1.25 bits per heavy atom. The zero-order valence-corrected chi connectivity index (χ0v) is 13.3. The molecule has 1 aromatic carbocycles. The minimum atomic E-state index is -0.399. The van der Waals surface area contributed by atoms with Crippen LogP contribution in [0.25, 0.3) is 0 Å². The van der Waals surface area contributed by atoms with E-state index in [1.165, 1.54) is 6.20 Å². The Morgan fingerprint density at radius 2 is 2.04 bits per heavy atom. The molecule has 1 amide bonds. The summed E-state index contributed by atoms with van der Waals surface area (Å²) in [5.74, 6) is 0.334. The lowest BCUT2D eigenvalue weighted by Crippen LogP contribution is -2.31. The largest absolute Gasteiger partial charge is 0.345 e. The van der Waals surface area contributed by atoms with Crippen LogP contribution in [0.5, 0.6) is 0 Å². The smallest absolute Gasteiger partial charge is 0.261 e. The number of nitrogens with one attached hydrogen (secondary N) is 2. The van der Waals surface area contributed by atoms with Crippen LogP contribution in [0, 0.1) is 6.92 Å². The van der Waals surface area contributed by atoms with Crippen LogP contribution in [0.1, 0.15) is 27.3 Å². The highest BCUT2D eigenvalue weighted by atomic mass is 16.2. The maximum Gasteiger partial charge on any atom is 0.261 e. The molecule has 0 aliphatic carbocycles. The number of H-pyrrole nitrogens is 1. The third kappa shape index (κ3) is 3.43. The molecule has 0 spiro atoms. The van der Waals surface area contributed by atoms with E-state index < -0.39 is 5.91 Å². The second-order valence-electron chi connectivity index (χ2n) is 5.50. The van der Waals surface area contributed by atoms with Gasteiger partial charge in [0.25, 0.3) is 11.5 Å². The first kappa shape index (κ1) is 15.7. The summed E-state index contributed by atoms with van der Waals surface area (Å²) < 4.78 is 1.97. The highest BCUT2D eigenvalue weighted by molar-refractivity contribution is 5.95. The summed E-state index contributed by atoms with van der Waals surface area (Å²) in [5.41, 5.74) is 1.54. The van der Waals surface area contributed by atoms with E-state index >= 15 is 0 Å². The molecule has 0 saturated heterocycles. The number of carbonyl (C=O) groups excluding carboxylic acids is 1. The van der Waals surface area contributed by atoms with Crippen LogP contribution in [0.15, 0.2) is 59.8 Å². The number of aromatic amines is 1. The Kier molecular flexibility index (Phi) is 4.56. The van der Waals surface area contributed by atoms with Crippen molar-refractivity contribution in [2.75, 3.05) is 0 Å². The standard InChI is InChI=1S/C18H18N4O2/c1-13-7-8-20-17(23)16(13)18(24)21-11-15-19-9-10-22(15)12-14-5-3-2-4-6-14/h2-10H,11-12H2,1H3,(H,20,23)(H,21,24). The number of hydrogen-bond donors (Lipinski definition) is 2. The Labute approximate surface area is 139 Å². The summed E-state index contributed by atoms with van der Waals surface area (Å²) in [6.07, 6.45) is 5.10. The molecule has 3 rings (SSSR count). The highest BCUT2D eigenvalue weighted by Crippen LogP contribution is 2.06. The van der Waals surface area contributed by atoms with Crippen molar-refractivity contribution < 1.29 is 4.79 Å². The average molecular weight is 322 g/mol. The van der Waals surface area contributed by atoms with E-state index in [1.54, 1.807) is 19.2 Å². The molecule has 0 aliphatic heterocycles. The van der Waals surface area contributed by atoms with Gasteiger partial charge >= 0.3 is 0 Å². The molecule has 2 aromatic heterocycles. The molecule has 2 heterocycles. The van der Waals surface area contributed by atoms with Gasteiger partial charge in [-0.25, -0.2) is 4.98 Å². The number of amides is 1. The summed E-state index contributed by atoms with van der Waals surface area (Å²) >= 11 is 0. The van der Waals surface area contributed by atoms with Crippen molar-refractivity contribution >= 4 is 5.91 Å². The number of aromatic nitrogens is 3. The van der Waals surface area contributed by atoms with Gasteiger partial charge in [0.2, 0.25) is 0 Å². The molecule has 0 radical (unpaired) electrons. The molecular weight excluding hydrogens is 304 g/mol. The minimum absolute atomic E-state index is 0.138. The van der Waals surface area contributed by atoms with Crippen LogP contribution in [0.3, 0.4) is 0 Å². The quantitative estimate of drug-likeness (QED) is 0.752. The number of pyridine rings is 1. The van der Waals surface area contributed by atoms with Gasteiger partial charge in [0.05, 0.1) is 6.54 Å². The van der Waals surface area contributed by atoms with Gasteiger partial charge in [0.1, 0.15) is 11.4 Å². The molecule has 2 N–H and O–H groups in total. The molecular formula is C18H18N4O2. The molecule has 0 saturated carbocycles. The van der Waals surface area contributed by atoms with E-state index in [2.05, 4.69) is 15.3 Å². The van der Waals surface area contributed by atoms with Crippen molar-refractivity contribution in [1.82, 2.24) is 19.9 Å². The lowest BCUT2D eigenvalue weighted by atomic mass is 10.1. The Balaban J connectivity index is 1.71. The van der Waals surface area contributed by atoms with Crippen LogP contribution in [-0.4, -0.2) is 20.4 Å². The van der Waals surface area contributed by atoms with Crippen molar-refractivity contribution in [3.8, 4) is 0 Å². The first-order valence-electron chi connectivity index (χ1n) is 7.65. The number of hydrogen-bond acceptors (Lipinski definition) is 3. The number of carbonyl (C=O) groups is 1. The van der Waals surface area contributed by atoms with E-state index in [9.17, 15) is 9.59 Å². The molecule has 122 valence electrons. The maximum atomic E-state index is 12.3. The van der Waals surface area contributed by atoms with Gasteiger partial charge in [0.15, 0.2) is 0 Å². The Hall–Kier alpha value is -3.15. The molecule has 0 bridgehead atoms. The summed E-state index contributed by atoms with van der Waals surface area (Å²) in [6.45, 7) is 2.67. The lowest BCUT2D eigenvalue weighted by molar-refractivity contribution is 0.0947. The molecule has 6 heteroatoms. The van der Waals surface area contributed by atoms with Gasteiger partial charge in [0, 0.05) is 25.1 Å². The lowest BCUT2D eigenvalue weighted by Gasteiger charge is -2.10. The molecule has 0 unspecified atom stereocenters. The van der Waals surface area contributed by atoms with Crippen molar-refractivity contribution in [1.29, 1.82) is 0 Å².